The van der Waals surface area contributed by atoms with Crippen LogP contribution >= 0.6 is 0 Å². The number of benzene rings is 2. The summed E-state index contributed by atoms with van der Waals surface area (Å²) in [5.41, 5.74) is 4.83. The van der Waals surface area contributed by atoms with Crippen molar-refractivity contribution >= 4 is 11.8 Å². The lowest BCUT2D eigenvalue weighted by molar-refractivity contribution is -0.143. The number of esters is 1. The molecule has 0 saturated heterocycles. The van der Waals surface area contributed by atoms with Gasteiger partial charge in [0.05, 0.1) is 18.8 Å². The van der Waals surface area contributed by atoms with Gasteiger partial charge < -0.3 is 14.8 Å². The Morgan fingerprint density at radius 2 is 1.69 bits per heavy atom. The molecule has 0 amide bonds. The van der Waals surface area contributed by atoms with Gasteiger partial charge >= 0.3 is 5.97 Å². The molecule has 0 bridgehead atoms. The van der Waals surface area contributed by atoms with E-state index in [-0.39, 0.29) is 17.8 Å². The molecule has 2 atom stereocenters. The highest BCUT2D eigenvalue weighted by molar-refractivity contribution is 6.04. The zero-order valence-electron chi connectivity index (χ0n) is 19.0. The van der Waals surface area contributed by atoms with Crippen LogP contribution in [0.3, 0.4) is 0 Å². The second kappa shape index (κ2) is 9.03. The van der Waals surface area contributed by atoms with Gasteiger partial charge in [0.2, 0.25) is 0 Å². The van der Waals surface area contributed by atoms with Gasteiger partial charge in [-0.3, -0.25) is 4.79 Å². The van der Waals surface area contributed by atoms with Crippen molar-refractivity contribution in [2.45, 2.75) is 51.6 Å². The van der Waals surface area contributed by atoms with Crippen LogP contribution in [0.1, 0.15) is 56.6 Å². The SMILES string of the molecule is COc1ccc([C@@H]2C(C(=O)OC(C)C)=C(C)NC3=C2C(=O)C[C@H](c2ccccc2)C3)cc1. The normalized spacial score (nSPS) is 20.7. The lowest BCUT2D eigenvalue weighted by Gasteiger charge is -2.37. The summed E-state index contributed by atoms with van der Waals surface area (Å²) in [5.74, 6) is 0.0465. The number of allylic oxidation sites excluding steroid dienone is 3. The van der Waals surface area contributed by atoms with E-state index in [4.69, 9.17) is 9.47 Å². The molecule has 0 saturated carbocycles. The van der Waals surface area contributed by atoms with Crippen molar-refractivity contribution in [3.8, 4) is 5.75 Å². The quantitative estimate of drug-likeness (QED) is 0.675. The second-order valence-corrected chi connectivity index (χ2v) is 8.66. The number of dihydropyridines is 1. The lowest BCUT2D eigenvalue weighted by atomic mass is 9.71. The first kappa shape index (κ1) is 21.9. The summed E-state index contributed by atoms with van der Waals surface area (Å²) >= 11 is 0. The summed E-state index contributed by atoms with van der Waals surface area (Å²) in [4.78, 5) is 26.6. The van der Waals surface area contributed by atoms with Gasteiger partial charge in [-0.1, -0.05) is 42.5 Å². The van der Waals surface area contributed by atoms with Gasteiger partial charge in [-0.25, -0.2) is 4.79 Å². The van der Waals surface area contributed by atoms with E-state index in [0.717, 1.165) is 34.7 Å². The molecule has 5 nitrogen and oxygen atoms in total. The standard InChI is InChI=1S/C27H29NO4/c1-16(2)32-27(30)24-17(3)28-22-14-20(18-8-6-5-7-9-18)15-23(29)26(22)25(24)19-10-12-21(31-4)13-11-19/h5-13,16,20,25,28H,14-15H2,1-4H3/t20-,25-/m1/s1. The molecule has 5 heteroatoms. The number of hydrogen-bond acceptors (Lipinski definition) is 5. The van der Waals surface area contributed by atoms with Gasteiger partial charge in [0.15, 0.2) is 5.78 Å². The molecule has 2 aromatic carbocycles. The highest BCUT2D eigenvalue weighted by Gasteiger charge is 2.41. The number of hydrogen-bond donors (Lipinski definition) is 1. The molecular weight excluding hydrogens is 402 g/mol. The van der Waals surface area contributed by atoms with Crippen molar-refractivity contribution in [3.63, 3.8) is 0 Å². The summed E-state index contributed by atoms with van der Waals surface area (Å²) in [6.07, 6.45) is 0.892. The molecule has 0 unspecified atom stereocenters. The molecule has 4 rings (SSSR count). The Morgan fingerprint density at radius 1 is 1.00 bits per heavy atom. The molecule has 0 aromatic heterocycles. The third-order valence-electron chi connectivity index (χ3n) is 6.11. The highest BCUT2D eigenvalue weighted by atomic mass is 16.5. The first-order valence-corrected chi connectivity index (χ1v) is 11.0. The van der Waals surface area contributed by atoms with Crippen LogP contribution in [0.15, 0.2) is 77.1 Å². The number of rotatable bonds is 5. The Kier molecular flexibility index (Phi) is 6.17. The largest absolute Gasteiger partial charge is 0.497 e. The van der Waals surface area contributed by atoms with Crippen LogP contribution in [-0.2, 0) is 14.3 Å². The van der Waals surface area contributed by atoms with Gasteiger partial charge in [-0.15, -0.1) is 0 Å². The molecule has 2 aromatic rings. The summed E-state index contributed by atoms with van der Waals surface area (Å²) in [5, 5.41) is 3.39. The van der Waals surface area contributed by atoms with Crippen LogP contribution in [0.25, 0.3) is 0 Å². The van der Waals surface area contributed by atoms with Gasteiger partial charge in [0, 0.05) is 29.3 Å². The van der Waals surface area contributed by atoms with Crippen LogP contribution in [0.5, 0.6) is 5.75 Å². The molecule has 1 aliphatic carbocycles. The summed E-state index contributed by atoms with van der Waals surface area (Å²) in [6, 6.07) is 17.7. The minimum absolute atomic E-state index is 0.0655. The Morgan fingerprint density at radius 3 is 2.31 bits per heavy atom. The fourth-order valence-corrected chi connectivity index (χ4v) is 4.68. The van der Waals surface area contributed by atoms with E-state index >= 15 is 0 Å². The highest BCUT2D eigenvalue weighted by Crippen LogP contribution is 2.45. The van der Waals surface area contributed by atoms with Gasteiger partial charge in [0.1, 0.15) is 5.75 Å². The summed E-state index contributed by atoms with van der Waals surface area (Å²) in [7, 11) is 1.62. The number of ketones is 1. The van der Waals surface area contributed by atoms with Crippen molar-refractivity contribution < 1.29 is 19.1 Å². The smallest absolute Gasteiger partial charge is 0.337 e. The molecule has 166 valence electrons. The summed E-state index contributed by atoms with van der Waals surface area (Å²) in [6.45, 7) is 5.54. The molecule has 32 heavy (non-hydrogen) atoms. The van der Waals surface area contributed by atoms with Crippen LogP contribution < -0.4 is 10.1 Å². The molecular formula is C27H29NO4. The Labute approximate surface area is 189 Å². The Balaban J connectivity index is 1.79. The van der Waals surface area contributed by atoms with Crippen molar-refractivity contribution in [2.75, 3.05) is 7.11 Å². The maximum Gasteiger partial charge on any atom is 0.337 e. The zero-order valence-corrected chi connectivity index (χ0v) is 19.0. The van der Waals surface area contributed by atoms with Gasteiger partial charge in [0.25, 0.3) is 0 Å². The minimum Gasteiger partial charge on any atom is -0.497 e. The molecule has 1 N–H and O–H groups in total. The number of carbonyl (C=O) groups excluding carboxylic acids is 2. The zero-order chi connectivity index (χ0) is 22.8. The van der Waals surface area contributed by atoms with Crippen LogP contribution in [0.2, 0.25) is 0 Å². The number of methoxy groups -OCH3 is 1. The second-order valence-electron chi connectivity index (χ2n) is 8.66. The fourth-order valence-electron chi connectivity index (χ4n) is 4.68. The number of nitrogens with one attached hydrogen (secondary N) is 1. The van der Waals surface area contributed by atoms with Crippen LogP contribution in [0.4, 0.5) is 0 Å². The van der Waals surface area contributed by atoms with Crippen molar-refractivity contribution in [1.29, 1.82) is 0 Å². The maximum atomic E-state index is 13.5. The fraction of sp³-hybridized carbons (Fsp3) is 0.333. The predicted molar refractivity (Wildman–Crippen MR) is 123 cm³/mol. The van der Waals surface area contributed by atoms with E-state index in [0.29, 0.717) is 17.6 Å². The molecule has 2 aliphatic rings. The van der Waals surface area contributed by atoms with Gasteiger partial charge in [-0.05, 0) is 56.4 Å². The molecule has 0 radical (unpaired) electrons. The summed E-state index contributed by atoms with van der Waals surface area (Å²) < 4.78 is 10.9. The third-order valence-corrected chi connectivity index (χ3v) is 6.11. The topological polar surface area (TPSA) is 64.6 Å². The molecule has 1 aliphatic heterocycles. The molecule has 0 spiro atoms. The number of ether oxygens (including phenoxy) is 2. The number of Topliss-reactive ketones (excluding diaryl/α,β-unsaturated/α-hetero) is 1. The minimum atomic E-state index is -0.465. The van der Waals surface area contributed by atoms with Crippen LogP contribution in [-0.4, -0.2) is 25.0 Å². The van der Waals surface area contributed by atoms with E-state index in [1.54, 1.807) is 7.11 Å². The van der Waals surface area contributed by atoms with E-state index < -0.39 is 11.9 Å². The van der Waals surface area contributed by atoms with E-state index in [2.05, 4.69) is 17.4 Å². The first-order valence-electron chi connectivity index (χ1n) is 11.0. The van der Waals surface area contributed by atoms with E-state index in [9.17, 15) is 9.59 Å². The van der Waals surface area contributed by atoms with E-state index in [1.807, 2.05) is 63.2 Å². The average Bonchev–Trinajstić information content (AvgIpc) is 2.78. The van der Waals surface area contributed by atoms with E-state index in [1.165, 1.54) is 0 Å². The Hall–Kier alpha value is -3.34. The predicted octanol–water partition coefficient (Wildman–Crippen LogP) is 5.01. The van der Waals surface area contributed by atoms with Crippen molar-refractivity contribution in [3.05, 3.63) is 88.3 Å². The lowest BCUT2D eigenvalue weighted by Crippen LogP contribution is -2.36. The first-order chi connectivity index (χ1) is 15.4. The number of carbonyl (C=O) groups is 2. The molecule has 1 heterocycles. The average molecular weight is 432 g/mol. The van der Waals surface area contributed by atoms with Crippen molar-refractivity contribution in [1.82, 2.24) is 5.32 Å². The molecule has 0 fully saturated rings. The van der Waals surface area contributed by atoms with Gasteiger partial charge in [-0.2, -0.15) is 0 Å². The maximum absolute atomic E-state index is 13.5. The van der Waals surface area contributed by atoms with Crippen molar-refractivity contribution in [2.24, 2.45) is 0 Å². The third kappa shape index (κ3) is 4.20. The van der Waals surface area contributed by atoms with Crippen LogP contribution in [0, 0.1) is 0 Å². The monoisotopic (exact) mass is 431 g/mol. The Bertz CT molecular complexity index is 1080.